The average molecular weight is 339 g/mol. The van der Waals surface area contributed by atoms with E-state index in [-0.39, 0.29) is 12.0 Å². The molecule has 1 aliphatic rings. The van der Waals surface area contributed by atoms with Crippen LogP contribution in [0, 0.1) is 5.82 Å². The summed E-state index contributed by atoms with van der Waals surface area (Å²) in [5.41, 5.74) is -0.831. The lowest BCUT2D eigenvalue weighted by atomic mass is 9.82. The van der Waals surface area contributed by atoms with Gasteiger partial charge in [-0.05, 0) is 55.7 Å². The number of halogens is 5. The molecule has 1 aromatic rings. The second-order valence-electron chi connectivity index (χ2n) is 5.70. The molecule has 6 heteroatoms. The largest absolute Gasteiger partial charge is 0.420 e. The second kappa shape index (κ2) is 7.18. The normalized spacial score (nSPS) is 22.8. The maximum absolute atomic E-state index is 13.8. The summed E-state index contributed by atoms with van der Waals surface area (Å²) < 4.78 is 57.6. The molecule has 0 atom stereocenters. The van der Waals surface area contributed by atoms with Crippen LogP contribution in [0.1, 0.15) is 56.1 Å². The van der Waals surface area contributed by atoms with Crippen LogP contribution in [0.3, 0.4) is 0 Å². The number of hydrogen-bond donors (Lipinski definition) is 0. The van der Waals surface area contributed by atoms with Gasteiger partial charge in [-0.15, -0.1) is 0 Å². The van der Waals surface area contributed by atoms with E-state index in [0.29, 0.717) is 5.56 Å². The first kappa shape index (κ1) is 17.5. The third kappa shape index (κ3) is 4.13. The Bertz CT molecular complexity index is 484. The second-order valence-corrected chi connectivity index (χ2v) is 6.11. The van der Waals surface area contributed by atoms with E-state index >= 15 is 0 Å². The molecule has 1 fully saturated rings. The molecule has 0 N–H and O–H groups in total. The molecule has 0 spiro atoms. The lowest BCUT2D eigenvalue weighted by Crippen LogP contribution is -2.21. The predicted octanol–water partition coefficient (Wildman–Crippen LogP) is 5.95. The molecular formula is C16H19ClF4O. The maximum atomic E-state index is 13.8. The van der Waals surface area contributed by atoms with Gasteiger partial charge in [0.05, 0.1) is 11.1 Å². The molecule has 2 rings (SSSR count). The molecule has 1 nitrogen and oxygen atoms in total. The van der Waals surface area contributed by atoms with Gasteiger partial charge in [0.25, 0.3) is 0 Å². The van der Waals surface area contributed by atoms with E-state index in [1.807, 2.05) is 6.92 Å². The van der Waals surface area contributed by atoms with E-state index < -0.39 is 22.6 Å². The van der Waals surface area contributed by atoms with E-state index in [4.69, 9.17) is 16.3 Å². The Hall–Kier alpha value is -0.810. The van der Waals surface area contributed by atoms with Gasteiger partial charge in [0.15, 0.2) is 0 Å². The van der Waals surface area contributed by atoms with E-state index in [1.54, 1.807) is 0 Å². The summed E-state index contributed by atoms with van der Waals surface area (Å²) in [5.74, 6) is -1.25. The third-order valence-electron chi connectivity index (χ3n) is 4.05. The van der Waals surface area contributed by atoms with E-state index in [9.17, 15) is 17.6 Å². The molecule has 0 radical (unpaired) electrons. The fourth-order valence-electron chi connectivity index (χ4n) is 2.95. The van der Waals surface area contributed by atoms with Crippen LogP contribution in [0.15, 0.2) is 12.1 Å². The molecule has 0 bridgehead atoms. The number of ether oxygens (including phenoxy) is 1. The standard InChI is InChI=1S/C16H19ClF4O/c1-2-7-22-12-5-3-10(4-6-12)11-8-13(17)15(14(18)9-11)16(19,20)21/h8-10,12H,2-7H2,1H3. The molecule has 0 heterocycles. The molecule has 22 heavy (non-hydrogen) atoms. The van der Waals surface area contributed by atoms with Crippen LogP contribution < -0.4 is 0 Å². The number of rotatable bonds is 4. The van der Waals surface area contributed by atoms with Crippen molar-refractivity contribution in [2.24, 2.45) is 0 Å². The Morgan fingerprint density at radius 3 is 2.32 bits per heavy atom. The first-order chi connectivity index (χ1) is 10.3. The molecule has 0 aliphatic heterocycles. The zero-order valence-electron chi connectivity index (χ0n) is 12.4. The SMILES string of the molecule is CCCOC1CCC(c2cc(F)c(C(F)(F)F)c(Cl)c2)CC1. The van der Waals surface area contributed by atoms with Gasteiger partial charge in [-0.2, -0.15) is 13.2 Å². The zero-order valence-corrected chi connectivity index (χ0v) is 13.1. The highest BCUT2D eigenvalue weighted by atomic mass is 35.5. The summed E-state index contributed by atoms with van der Waals surface area (Å²) >= 11 is 5.65. The topological polar surface area (TPSA) is 9.23 Å². The van der Waals surface area contributed by atoms with Crippen LogP contribution in [0.25, 0.3) is 0 Å². The summed E-state index contributed by atoms with van der Waals surface area (Å²) in [6.45, 7) is 2.76. The summed E-state index contributed by atoms with van der Waals surface area (Å²) in [5, 5.41) is -0.563. The maximum Gasteiger partial charge on any atom is 0.420 e. The summed E-state index contributed by atoms with van der Waals surface area (Å²) in [6, 6.07) is 2.23. The first-order valence-electron chi connectivity index (χ1n) is 7.50. The molecule has 1 aliphatic carbocycles. The van der Waals surface area contributed by atoms with Gasteiger partial charge in [0.2, 0.25) is 0 Å². The van der Waals surface area contributed by atoms with Gasteiger partial charge in [0.1, 0.15) is 11.4 Å². The van der Waals surface area contributed by atoms with Crippen molar-refractivity contribution in [2.45, 2.75) is 57.2 Å². The predicted molar refractivity (Wildman–Crippen MR) is 77.7 cm³/mol. The Labute approximate surface area is 132 Å². The van der Waals surface area contributed by atoms with Crippen LogP contribution in [0.2, 0.25) is 5.02 Å². The van der Waals surface area contributed by atoms with Crippen molar-refractivity contribution in [3.05, 3.63) is 34.1 Å². The average Bonchev–Trinajstić information content (AvgIpc) is 2.43. The van der Waals surface area contributed by atoms with Crippen LogP contribution in [-0.2, 0) is 10.9 Å². The van der Waals surface area contributed by atoms with Crippen molar-refractivity contribution in [3.8, 4) is 0 Å². The highest BCUT2D eigenvalue weighted by Crippen LogP contribution is 2.41. The number of alkyl halides is 3. The van der Waals surface area contributed by atoms with Crippen LogP contribution in [-0.4, -0.2) is 12.7 Å². The molecule has 124 valence electrons. The van der Waals surface area contributed by atoms with Crippen molar-refractivity contribution >= 4 is 11.6 Å². The smallest absolute Gasteiger partial charge is 0.378 e. The molecule has 0 unspecified atom stereocenters. The molecule has 0 saturated heterocycles. The zero-order chi connectivity index (χ0) is 16.3. The monoisotopic (exact) mass is 338 g/mol. The quantitative estimate of drug-likeness (QED) is 0.616. The molecule has 0 amide bonds. The molecular weight excluding hydrogens is 320 g/mol. The van der Waals surface area contributed by atoms with E-state index in [2.05, 4.69) is 0 Å². The van der Waals surface area contributed by atoms with Crippen molar-refractivity contribution < 1.29 is 22.3 Å². The van der Waals surface area contributed by atoms with Crippen molar-refractivity contribution in [2.75, 3.05) is 6.61 Å². The fourth-order valence-corrected chi connectivity index (χ4v) is 3.27. The lowest BCUT2D eigenvalue weighted by molar-refractivity contribution is -0.139. The van der Waals surface area contributed by atoms with Crippen LogP contribution in [0.5, 0.6) is 0 Å². The van der Waals surface area contributed by atoms with Gasteiger partial charge < -0.3 is 4.74 Å². The van der Waals surface area contributed by atoms with Gasteiger partial charge in [-0.25, -0.2) is 4.39 Å². The Morgan fingerprint density at radius 1 is 1.18 bits per heavy atom. The summed E-state index contributed by atoms with van der Waals surface area (Å²) in [4.78, 5) is 0. The summed E-state index contributed by atoms with van der Waals surface area (Å²) in [6.07, 6.45) is -0.391. The third-order valence-corrected chi connectivity index (χ3v) is 4.35. The fraction of sp³-hybridized carbons (Fsp3) is 0.625. The minimum atomic E-state index is -4.77. The van der Waals surface area contributed by atoms with E-state index in [1.165, 1.54) is 6.07 Å². The lowest BCUT2D eigenvalue weighted by Gasteiger charge is -2.29. The minimum absolute atomic E-state index is 0.0377. The van der Waals surface area contributed by atoms with E-state index in [0.717, 1.165) is 44.8 Å². The molecule has 1 aromatic carbocycles. The van der Waals surface area contributed by atoms with Crippen molar-refractivity contribution in [1.82, 2.24) is 0 Å². The molecule has 0 aromatic heterocycles. The summed E-state index contributed by atoms with van der Waals surface area (Å²) in [7, 11) is 0. The highest BCUT2D eigenvalue weighted by molar-refractivity contribution is 6.31. The number of hydrogen-bond acceptors (Lipinski definition) is 1. The number of benzene rings is 1. The van der Waals surface area contributed by atoms with Gasteiger partial charge >= 0.3 is 6.18 Å². The Kier molecular flexibility index (Phi) is 5.72. The highest BCUT2D eigenvalue weighted by Gasteiger charge is 2.37. The van der Waals surface area contributed by atoms with Crippen LogP contribution in [0.4, 0.5) is 17.6 Å². The van der Waals surface area contributed by atoms with Gasteiger partial charge in [0, 0.05) is 6.61 Å². The molecule has 1 saturated carbocycles. The van der Waals surface area contributed by atoms with Crippen LogP contribution >= 0.6 is 11.6 Å². The minimum Gasteiger partial charge on any atom is -0.378 e. The first-order valence-corrected chi connectivity index (χ1v) is 7.88. The Balaban J connectivity index is 2.09. The van der Waals surface area contributed by atoms with Crippen molar-refractivity contribution in [3.63, 3.8) is 0 Å². The Morgan fingerprint density at radius 2 is 1.82 bits per heavy atom. The van der Waals surface area contributed by atoms with Gasteiger partial charge in [-0.3, -0.25) is 0 Å². The van der Waals surface area contributed by atoms with Gasteiger partial charge in [-0.1, -0.05) is 18.5 Å². The van der Waals surface area contributed by atoms with Crippen molar-refractivity contribution in [1.29, 1.82) is 0 Å².